The van der Waals surface area contributed by atoms with Crippen LogP contribution in [-0.4, -0.2) is 29.6 Å². The van der Waals surface area contributed by atoms with E-state index >= 15 is 0 Å². The van der Waals surface area contributed by atoms with Gasteiger partial charge in [-0.15, -0.1) is 0 Å². The average molecular weight is 310 g/mol. The molecule has 0 saturated heterocycles. The molecule has 0 fully saturated rings. The molecule has 0 spiro atoms. The summed E-state index contributed by atoms with van der Waals surface area (Å²) in [5.74, 6) is -1.36. The summed E-state index contributed by atoms with van der Waals surface area (Å²) < 4.78 is 13.5. The standard InChI is InChI=1S/C16H23FN2O3/c1-10(20)8-16(3,4)9-18-15(22)12-5-6-13(17)14(7-12)19-11(2)21/h5-7,10,20H,8-9H2,1-4H3,(H,18,22)(H,19,21). The summed E-state index contributed by atoms with van der Waals surface area (Å²) in [6.07, 6.45) is 0.0949. The van der Waals surface area contributed by atoms with E-state index in [0.717, 1.165) is 6.07 Å². The zero-order valence-corrected chi connectivity index (χ0v) is 13.4. The van der Waals surface area contributed by atoms with Crippen molar-refractivity contribution in [1.82, 2.24) is 5.32 Å². The first-order chi connectivity index (χ1) is 10.1. The zero-order valence-electron chi connectivity index (χ0n) is 13.4. The summed E-state index contributed by atoms with van der Waals surface area (Å²) in [5, 5.41) is 14.5. The first-order valence-electron chi connectivity index (χ1n) is 7.14. The van der Waals surface area contributed by atoms with Gasteiger partial charge < -0.3 is 15.7 Å². The Morgan fingerprint density at radius 2 is 2.00 bits per heavy atom. The first-order valence-corrected chi connectivity index (χ1v) is 7.14. The normalized spacial score (nSPS) is 12.6. The zero-order chi connectivity index (χ0) is 16.9. The predicted molar refractivity (Wildman–Crippen MR) is 83.1 cm³/mol. The number of aliphatic hydroxyl groups is 1. The minimum atomic E-state index is -0.596. The maximum absolute atomic E-state index is 13.5. The highest BCUT2D eigenvalue weighted by molar-refractivity contribution is 5.96. The van der Waals surface area contributed by atoms with Crippen molar-refractivity contribution in [2.24, 2.45) is 5.41 Å². The Morgan fingerprint density at radius 3 is 2.55 bits per heavy atom. The molecule has 1 unspecified atom stereocenters. The van der Waals surface area contributed by atoms with Gasteiger partial charge in [0, 0.05) is 19.0 Å². The minimum Gasteiger partial charge on any atom is -0.393 e. The molecule has 0 saturated carbocycles. The van der Waals surface area contributed by atoms with Crippen LogP contribution in [0, 0.1) is 11.2 Å². The molecule has 0 aromatic heterocycles. The van der Waals surface area contributed by atoms with Gasteiger partial charge in [-0.1, -0.05) is 13.8 Å². The number of anilines is 1. The van der Waals surface area contributed by atoms with Crippen molar-refractivity contribution in [3.8, 4) is 0 Å². The van der Waals surface area contributed by atoms with Gasteiger partial charge in [0.15, 0.2) is 0 Å². The third-order valence-corrected chi connectivity index (χ3v) is 3.11. The van der Waals surface area contributed by atoms with Crippen LogP contribution in [0.15, 0.2) is 18.2 Å². The van der Waals surface area contributed by atoms with E-state index in [1.807, 2.05) is 13.8 Å². The summed E-state index contributed by atoms with van der Waals surface area (Å²) in [6, 6.07) is 3.80. The van der Waals surface area contributed by atoms with Crippen molar-refractivity contribution in [2.45, 2.75) is 40.2 Å². The van der Waals surface area contributed by atoms with E-state index in [9.17, 15) is 19.1 Å². The van der Waals surface area contributed by atoms with Crippen LogP contribution in [0.5, 0.6) is 0 Å². The molecule has 0 aliphatic rings. The third kappa shape index (κ3) is 5.81. The van der Waals surface area contributed by atoms with E-state index in [-0.39, 0.29) is 22.6 Å². The SMILES string of the molecule is CC(=O)Nc1cc(C(=O)NCC(C)(C)CC(C)O)ccc1F. The van der Waals surface area contributed by atoms with Crippen LogP contribution in [0.1, 0.15) is 44.5 Å². The van der Waals surface area contributed by atoms with Crippen LogP contribution in [-0.2, 0) is 4.79 Å². The van der Waals surface area contributed by atoms with Crippen LogP contribution in [0.4, 0.5) is 10.1 Å². The molecule has 1 aromatic rings. The highest BCUT2D eigenvalue weighted by Gasteiger charge is 2.21. The lowest BCUT2D eigenvalue weighted by atomic mass is 9.87. The van der Waals surface area contributed by atoms with Gasteiger partial charge in [0.25, 0.3) is 5.91 Å². The van der Waals surface area contributed by atoms with E-state index in [0.29, 0.717) is 13.0 Å². The molecule has 0 bridgehead atoms. The van der Waals surface area contributed by atoms with E-state index < -0.39 is 17.8 Å². The van der Waals surface area contributed by atoms with Crippen molar-refractivity contribution in [3.63, 3.8) is 0 Å². The molecule has 1 rings (SSSR count). The highest BCUT2D eigenvalue weighted by atomic mass is 19.1. The Balaban J connectivity index is 2.75. The van der Waals surface area contributed by atoms with Crippen molar-refractivity contribution in [2.75, 3.05) is 11.9 Å². The lowest BCUT2D eigenvalue weighted by molar-refractivity contribution is -0.114. The maximum Gasteiger partial charge on any atom is 0.251 e. The number of hydrogen-bond acceptors (Lipinski definition) is 3. The Kier molecular flexibility index (Phi) is 6.05. The number of hydrogen-bond donors (Lipinski definition) is 3. The maximum atomic E-state index is 13.5. The molecule has 2 amide bonds. The minimum absolute atomic E-state index is 0.0246. The van der Waals surface area contributed by atoms with Crippen LogP contribution >= 0.6 is 0 Å². The van der Waals surface area contributed by atoms with Gasteiger partial charge in [0.1, 0.15) is 5.82 Å². The first kappa shape index (κ1) is 18.1. The molecular formula is C16H23FN2O3. The quantitative estimate of drug-likeness (QED) is 0.754. The molecule has 22 heavy (non-hydrogen) atoms. The Bertz CT molecular complexity index is 556. The van der Waals surface area contributed by atoms with E-state index in [4.69, 9.17) is 0 Å². The molecule has 122 valence electrons. The summed E-state index contributed by atoms with van der Waals surface area (Å²) >= 11 is 0. The molecular weight excluding hydrogens is 287 g/mol. The third-order valence-electron chi connectivity index (χ3n) is 3.11. The summed E-state index contributed by atoms with van der Waals surface area (Å²) in [4.78, 5) is 23.1. The summed E-state index contributed by atoms with van der Waals surface area (Å²) in [5.41, 5.74) is -0.0222. The van der Waals surface area contributed by atoms with Gasteiger partial charge in [0.2, 0.25) is 5.91 Å². The average Bonchev–Trinajstić information content (AvgIpc) is 2.36. The van der Waals surface area contributed by atoms with E-state index in [2.05, 4.69) is 10.6 Å². The second-order valence-corrected chi connectivity index (χ2v) is 6.28. The van der Waals surface area contributed by atoms with Gasteiger partial charge in [-0.25, -0.2) is 4.39 Å². The fraction of sp³-hybridized carbons (Fsp3) is 0.500. The lowest BCUT2D eigenvalue weighted by Gasteiger charge is -2.26. The van der Waals surface area contributed by atoms with Gasteiger partial charge in [0.05, 0.1) is 11.8 Å². The second-order valence-electron chi connectivity index (χ2n) is 6.28. The monoisotopic (exact) mass is 310 g/mol. The number of nitrogens with one attached hydrogen (secondary N) is 2. The van der Waals surface area contributed by atoms with Crippen LogP contribution < -0.4 is 10.6 Å². The number of carbonyl (C=O) groups is 2. The smallest absolute Gasteiger partial charge is 0.251 e. The molecule has 6 heteroatoms. The van der Waals surface area contributed by atoms with Gasteiger partial charge in [-0.3, -0.25) is 9.59 Å². The molecule has 0 aliphatic carbocycles. The number of aliphatic hydroxyl groups excluding tert-OH is 1. The van der Waals surface area contributed by atoms with Gasteiger partial charge >= 0.3 is 0 Å². The van der Waals surface area contributed by atoms with Crippen molar-refractivity contribution < 1.29 is 19.1 Å². The molecule has 1 atom stereocenters. The fourth-order valence-electron chi connectivity index (χ4n) is 2.25. The molecule has 0 heterocycles. The molecule has 1 aromatic carbocycles. The van der Waals surface area contributed by atoms with Crippen LogP contribution in [0.2, 0.25) is 0 Å². The Morgan fingerprint density at radius 1 is 1.36 bits per heavy atom. The predicted octanol–water partition coefficient (Wildman–Crippen LogP) is 2.31. The van der Waals surface area contributed by atoms with Crippen LogP contribution in [0.25, 0.3) is 0 Å². The lowest BCUT2D eigenvalue weighted by Crippen LogP contribution is -2.35. The van der Waals surface area contributed by atoms with Crippen molar-refractivity contribution >= 4 is 17.5 Å². The Labute approximate surface area is 129 Å². The van der Waals surface area contributed by atoms with Crippen molar-refractivity contribution in [1.29, 1.82) is 0 Å². The summed E-state index contributed by atoms with van der Waals surface area (Å²) in [6.45, 7) is 7.22. The molecule has 5 nitrogen and oxygen atoms in total. The van der Waals surface area contributed by atoms with Crippen molar-refractivity contribution in [3.05, 3.63) is 29.6 Å². The number of halogens is 1. The number of carbonyl (C=O) groups excluding carboxylic acids is 2. The number of amides is 2. The molecule has 0 aliphatic heterocycles. The largest absolute Gasteiger partial charge is 0.393 e. The Hall–Kier alpha value is -1.95. The second kappa shape index (κ2) is 7.35. The molecule has 0 radical (unpaired) electrons. The molecule has 3 N–H and O–H groups in total. The topological polar surface area (TPSA) is 78.4 Å². The highest BCUT2D eigenvalue weighted by Crippen LogP contribution is 2.21. The van der Waals surface area contributed by atoms with E-state index in [1.165, 1.54) is 19.1 Å². The summed E-state index contributed by atoms with van der Waals surface area (Å²) in [7, 11) is 0. The van der Waals surface area contributed by atoms with Gasteiger partial charge in [-0.05, 0) is 37.0 Å². The fourth-order valence-corrected chi connectivity index (χ4v) is 2.25. The van der Waals surface area contributed by atoms with E-state index in [1.54, 1.807) is 6.92 Å². The number of benzene rings is 1. The van der Waals surface area contributed by atoms with Crippen LogP contribution in [0.3, 0.4) is 0 Å². The van der Waals surface area contributed by atoms with Gasteiger partial charge in [-0.2, -0.15) is 0 Å². The number of rotatable bonds is 6.